The highest BCUT2D eigenvalue weighted by atomic mass is 14.9. The molecule has 1 aromatic heterocycles. The number of hydrogen-bond acceptors (Lipinski definition) is 3. The molecule has 0 saturated heterocycles. The van der Waals surface area contributed by atoms with Gasteiger partial charge in [-0.25, -0.2) is 9.97 Å². The zero-order valence-corrected chi connectivity index (χ0v) is 33.9. The van der Waals surface area contributed by atoms with Gasteiger partial charge in [-0.3, -0.25) is 4.99 Å². The first-order valence-electron chi connectivity index (χ1n) is 20.2. The molecule has 0 amide bonds. The van der Waals surface area contributed by atoms with E-state index in [0.717, 1.165) is 61.9 Å². The normalized spacial score (nSPS) is 14.3. The molecule has 0 saturated carbocycles. The second-order valence-corrected chi connectivity index (χ2v) is 15.5. The van der Waals surface area contributed by atoms with Gasteiger partial charge in [0.25, 0.3) is 0 Å². The highest BCUT2D eigenvalue weighted by Crippen LogP contribution is 2.58. The van der Waals surface area contributed by atoms with Gasteiger partial charge in [-0.05, 0) is 108 Å². The van der Waals surface area contributed by atoms with Crippen molar-refractivity contribution < 1.29 is 0 Å². The summed E-state index contributed by atoms with van der Waals surface area (Å²) in [4.78, 5) is 14.7. The molecule has 1 heterocycles. The van der Waals surface area contributed by atoms with Crippen LogP contribution in [0.4, 0.5) is 0 Å². The minimum absolute atomic E-state index is 0.618. The number of fused-ring (bicyclic) bond motifs is 3. The van der Waals surface area contributed by atoms with Gasteiger partial charge in [-0.2, -0.15) is 0 Å². The summed E-state index contributed by atoms with van der Waals surface area (Å²) < 4.78 is 0. The Labute approximate surface area is 347 Å². The topological polar surface area (TPSA) is 38.1 Å². The molecule has 0 aliphatic heterocycles. The zero-order valence-electron chi connectivity index (χ0n) is 33.9. The monoisotopic (exact) mass is 759 g/mol. The van der Waals surface area contributed by atoms with Crippen LogP contribution in [0.2, 0.25) is 0 Å². The Morgan fingerprint density at radius 2 is 1.07 bits per heavy atom. The molecule has 0 bridgehead atoms. The maximum atomic E-state index is 5.07. The fourth-order valence-electron chi connectivity index (χ4n) is 8.87. The average molecular weight is 760 g/mol. The van der Waals surface area contributed by atoms with Crippen molar-refractivity contribution in [3.63, 3.8) is 0 Å². The summed E-state index contributed by atoms with van der Waals surface area (Å²) in [6, 6.07) is 65.5. The molecule has 0 fully saturated rings. The highest BCUT2D eigenvalue weighted by Gasteiger charge is 2.47. The van der Waals surface area contributed by atoms with E-state index in [0.29, 0.717) is 0 Å². The molecule has 0 radical (unpaired) electrons. The molecule has 3 nitrogen and oxygen atoms in total. The van der Waals surface area contributed by atoms with Crippen LogP contribution in [0, 0.1) is 6.92 Å². The molecule has 1 aliphatic carbocycles. The minimum Gasteiger partial charge on any atom is -0.264 e. The molecule has 7 aromatic carbocycles. The van der Waals surface area contributed by atoms with E-state index in [4.69, 9.17) is 9.97 Å². The van der Waals surface area contributed by atoms with E-state index in [1.54, 1.807) is 0 Å². The SMILES string of the molecule is C=N/C(=C\C(C)=C(C)C)c1ccccc1-c1cccc2c1-c1ccccc1C2(c1ccccc1)c1cccc(-c2cc(-c3ccccc3-c3ccccc3)nc(C)n2)c1. The van der Waals surface area contributed by atoms with Gasteiger partial charge in [-0.1, -0.05) is 181 Å². The number of nitrogens with zero attached hydrogens (tertiary/aromatic N) is 3. The largest absolute Gasteiger partial charge is 0.264 e. The van der Waals surface area contributed by atoms with Crippen LogP contribution >= 0.6 is 0 Å². The summed E-state index contributed by atoms with van der Waals surface area (Å²) in [5, 5.41) is 0. The Morgan fingerprint density at radius 3 is 1.81 bits per heavy atom. The van der Waals surface area contributed by atoms with E-state index in [1.165, 1.54) is 44.5 Å². The third-order valence-electron chi connectivity index (χ3n) is 11.8. The summed E-state index contributed by atoms with van der Waals surface area (Å²) >= 11 is 0. The van der Waals surface area contributed by atoms with Gasteiger partial charge in [-0.15, -0.1) is 0 Å². The van der Waals surface area contributed by atoms with Crippen LogP contribution in [0.1, 0.15) is 54.4 Å². The van der Waals surface area contributed by atoms with Crippen LogP contribution < -0.4 is 0 Å². The fourth-order valence-corrected chi connectivity index (χ4v) is 8.87. The second kappa shape index (κ2) is 15.6. The lowest BCUT2D eigenvalue weighted by molar-refractivity contribution is 0.769. The lowest BCUT2D eigenvalue weighted by Crippen LogP contribution is -2.28. The molecule has 0 N–H and O–H groups in total. The highest BCUT2D eigenvalue weighted by molar-refractivity contribution is 5.98. The number of aliphatic imine (C=N–C) groups is 1. The Morgan fingerprint density at radius 1 is 0.508 bits per heavy atom. The average Bonchev–Trinajstić information content (AvgIpc) is 3.60. The molecule has 0 spiro atoms. The smallest absolute Gasteiger partial charge is 0.126 e. The van der Waals surface area contributed by atoms with Gasteiger partial charge in [0.05, 0.1) is 22.5 Å². The quantitative estimate of drug-likeness (QED) is 0.109. The van der Waals surface area contributed by atoms with Gasteiger partial charge >= 0.3 is 0 Å². The van der Waals surface area contributed by atoms with Crippen molar-refractivity contribution in [1.29, 1.82) is 0 Å². The Kier molecular flexibility index (Phi) is 9.88. The maximum Gasteiger partial charge on any atom is 0.126 e. The Balaban J connectivity index is 1.27. The molecular formula is C56H45N3. The van der Waals surface area contributed by atoms with Crippen molar-refractivity contribution in [1.82, 2.24) is 9.97 Å². The molecule has 3 heteroatoms. The summed E-state index contributed by atoms with van der Waals surface area (Å²) in [6.45, 7) is 12.4. The Bertz CT molecular complexity index is 2930. The van der Waals surface area contributed by atoms with Crippen molar-refractivity contribution >= 4 is 12.4 Å². The molecule has 59 heavy (non-hydrogen) atoms. The van der Waals surface area contributed by atoms with Gasteiger partial charge in [0, 0.05) is 16.7 Å². The van der Waals surface area contributed by atoms with Crippen LogP contribution in [-0.2, 0) is 5.41 Å². The van der Waals surface area contributed by atoms with E-state index in [2.05, 4.69) is 221 Å². The molecule has 284 valence electrons. The van der Waals surface area contributed by atoms with Crippen LogP contribution in [-0.4, -0.2) is 16.7 Å². The predicted molar refractivity (Wildman–Crippen MR) is 247 cm³/mol. The number of rotatable bonds is 9. The number of hydrogen-bond donors (Lipinski definition) is 0. The first-order valence-corrected chi connectivity index (χ1v) is 20.2. The summed E-state index contributed by atoms with van der Waals surface area (Å²) in [5.74, 6) is 0.727. The molecular weight excluding hydrogens is 715 g/mol. The number of aromatic nitrogens is 2. The van der Waals surface area contributed by atoms with Gasteiger partial charge in [0.1, 0.15) is 5.82 Å². The fraction of sp³-hybridized carbons (Fsp3) is 0.0893. The lowest BCUT2D eigenvalue weighted by atomic mass is 9.67. The van der Waals surface area contributed by atoms with E-state index in [-0.39, 0.29) is 0 Å². The van der Waals surface area contributed by atoms with Crippen molar-refractivity contribution in [3.8, 4) is 55.9 Å². The zero-order chi connectivity index (χ0) is 40.5. The van der Waals surface area contributed by atoms with E-state index in [9.17, 15) is 0 Å². The van der Waals surface area contributed by atoms with Gasteiger partial charge < -0.3 is 0 Å². The van der Waals surface area contributed by atoms with Gasteiger partial charge in [0.2, 0.25) is 0 Å². The van der Waals surface area contributed by atoms with Crippen molar-refractivity contribution in [2.75, 3.05) is 0 Å². The third kappa shape index (κ3) is 6.55. The van der Waals surface area contributed by atoms with Crippen molar-refractivity contribution in [2.24, 2.45) is 4.99 Å². The van der Waals surface area contributed by atoms with Gasteiger partial charge in [0.15, 0.2) is 0 Å². The van der Waals surface area contributed by atoms with Crippen molar-refractivity contribution in [3.05, 3.63) is 233 Å². The molecule has 1 unspecified atom stereocenters. The second-order valence-electron chi connectivity index (χ2n) is 15.5. The van der Waals surface area contributed by atoms with Crippen LogP contribution in [0.15, 0.2) is 204 Å². The standard InChI is InChI=1S/C56H45N3/c1-37(2)38(3)34-53(57-5)47-29-15-13-27-45(47)48-31-19-33-51-55(48)49-30-16-17-32-50(49)56(51,42-23-10-7-11-24-42)43-25-18-22-41(35-43)52-36-54(59-39(4)58-52)46-28-14-12-26-44(46)40-20-8-6-9-21-40/h6-36H,5H2,1-4H3/b53-34-. The minimum atomic E-state index is -0.618. The van der Waals surface area contributed by atoms with Crippen molar-refractivity contribution in [2.45, 2.75) is 33.1 Å². The lowest BCUT2D eigenvalue weighted by Gasteiger charge is -2.34. The summed E-state index contributed by atoms with van der Waals surface area (Å²) in [7, 11) is 0. The van der Waals surface area contributed by atoms with E-state index < -0.39 is 5.41 Å². The van der Waals surface area contributed by atoms with E-state index in [1.807, 2.05) is 6.92 Å². The van der Waals surface area contributed by atoms with E-state index >= 15 is 0 Å². The van der Waals surface area contributed by atoms with Crippen LogP contribution in [0.3, 0.4) is 0 Å². The number of benzene rings is 7. The first kappa shape index (κ1) is 37.4. The molecule has 8 aromatic rings. The summed E-state index contributed by atoms with van der Waals surface area (Å²) in [5.41, 5.74) is 19.5. The first-order chi connectivity index (χ1) is 28.9. The molecule has 1 aliphatic rings. The number of allylic oxidation sites excluding steroid dienone is 3. The summed E-state index contributed by atoms with van der Waals surface area (Å²) in [6.07, 6.45) is 2.15. The Hall–Kier alpha value is -7.23. The van der Waals surface area contributed by atoms with Crippen LogP contribution in [0.5, 0.6) is 0 Å². The third-order valence-corrected chi connectivity index (χ3v) is 11.8. The number of aryl methyl sites for hydroxylation is 1. The predicted octanol–water partition coefficient (Wildman–Crippen LogP) is 14.2. The maximum absolute atomic E-state index is 5.07. The molecule has 1 atom stereocenters. The molecule has 9 rings (SSSR count). The van der Waals surface area contributed by atoms with Crippen LogP contribution in [0.25, 0.3) is 61.6 Å².